The Bertz CT molecular complexity index is 537. The number of sulfonamides is 1. The predicted octanol–water partition coefficient (Wildman–Crippen LogP) is 0.906. The molecule has 1 rings (SSSR count). The average molecular weight is 412 g/mol. The van der Waals surface area contributed by atoms with Crippen LogP contribution in [-0.4, -0.2) is 20.4 Å². The highest BCUT2D eigenvalue weighted by Gasteiger charge is 2.12. The van der Waals surface area contributed by atoms with E-state index in [9.17, 15) is 8.42 Å². The lowest BCUT2D eigenvalue weighted by Crippen LogP contribution is -2.31. The van der Waals surface area contributed by atoms with Crippen LogP contribution in [0.1, 0.15) is 25.0 Å². The van der Waals surface area contributed by atoms with Gasteiger partial charge in [-0.3, -0.25) is 0 Å². The van der Waals surface area contributed by atoms with Crippen molar-refractivity contribution in [1.82, 2.24) is 4.72 Å². The van der Waals surface area contributed by atoms with E-state index < -0.39 is 10.0 Å². The number of halogens is 1. The van der Waals surface area contributed by atoms with Crippen molar-refractivity contribution in [1.29, 1.82) is 0 Å². The Labute approximate surface area is 137 Å². The van der Waals surface area contributed by atoms with Crippen molar-refractivity contribution in [2.24, 2.45) is 16.5 Å². The summed E-state index contributed by atoms with van der Waals surface area (Å²) in [6.07, 6.45) is 0. The number of benzene rings is 1. The summed E-state index contributed by atoms with van der Waals surface area (Å²) in [6.45, 7) is 3.96. The van der Waals surface area contributed by atoms with Crippen LogP contribution in [0.4, 0.5) is 0 Å². The Morgan fingerprint density at radius 3 is 2.15 bits per heavy atom. The zero-order valence-electron chi connectivity index (χ0n) is 11.5. The van der Waals surface area contributed by atoms with Gasteiger partial charge in [0.05, 0.1) is 12.3 Å². The van der Waals surface area contributed by atoms with E-state index in [0.29, 0.717) is 6.54 Å². The molecule has 0 radical (unpaired) electrons. The fraction of sp³-hybridized carbons (Fsp3) is 0.417. The van der Waals surface area contributed by atoms with Gasteiger partial charge in [0.15, 0.2) is 5.96 Å². The Morgan fingerprint density at radius 1 is 1.20 bits per heavy atom. The molecule has 0 spiro atoms. The first-order chi connectivity index (χ1) is 8.78. The molecular formula is C12H21IN4O2S. The number of nitrogens with one attached hydrogen (secondary N) is 1. The fourth-order valence-corrected chi connectivity index (χ4v) is 2.98. The van der Waals surface area contributed by atoms with Gasteiger partial charge in [0.25, 0.3) is 0 Å². The van der Waals surface area contributed by atoms with Gasteiger partial charge in [-0.2, -0.15) is 0 Å². The Hall–Kier alpha value is -0.870. The first kappa shape index (κ1) is 19.1. The number of rotatable bonds is 6. The van der Waals surface area contributed by atoms with Crippen molar-refractivity contribution >= 4 is 40.0 Å². The monoisotopic (exact) mass is 412 g/mol. The Balaban J connectivity index is 0.00000361. The SMILES string of the molecule is CC(C)NS(=O)(=O)Cc1ccc(CN=C(N)N)cc1.I. The third-order valence-corrected chi connectivity index (χ3v) is 3.78. The van der Waals surface area contributed by atoms with E-state index in [1.807, 2.05) is 12.1 Å². The van der Waals surface area contributed by atoms with Crippen molar-refractivity contribution in [3.8, 4) is 0 Å². The number of hydrogen-bond acceptors (Lipinski definition) is 3. The lowest BCUT2D eigenvalue weighted by atomic mass is 10.1. The number of aliphatic imine (C=N–C) groups is 1. The molecule has 5 N–H and O–H groups in total. The van der Waals surface area contributed by atoms with E-state index in [1.54, 1.807) is 26.0 Å². The van der Waals surface area contributed by atoms with Crippen molar-refractivity contribution in [2.45, 2.75) is 32.2 Å². The molecular weight excluding hydrogens is 391 g/mol. The minimum Gasteiger partial charge on any atom is -0.370 e. The van der Waals surface area contributed by atoms with Crippen LogP contribution in [0.5, 0.6) is 0 Å². The maximum Gasteiger partial charge on any atom is 0.216 e. The highest BCUT2D eigenvalue weighted by atomic mass is 127. The Morgan fingerprint density at radius 2 is 1.70 bits per heavy atom. The van der Waals surface area contributed by atoms with Crippen molar-refractivity contribution < 1.29 is 8.42 Å². The van der Waals surface area contributed by atoms with Gasteiger partial charge in [-0.05, 0) is 25.0 Å². The zero-order valence-corrected chi connectivity index (χ0v) is 14.7. The molecule has 0 unspecified atom stereocenters. The normalized spacial score (nSPS) is 10.9. The molecule has 0 aliphatic heterocycles. The van der Waals surface area contributed by atoms with Gasteiger partial charge in [0.1, 0.15) is 0 Å². The van der Waals surface area contributed by atoms with E-state index in [-0.39, 0.29) is 41.7 Å². The Kier molecular flexibility index (Phi) is 8.06. The van der Waals surface area contributed by atoms with Crippen molar-refractivity contribution in [3.05, 3.63) is 35.4 Å². The molecule has 1 aromatic rings. The summed E-state index contributed by atoms with van der Waals surface area (Å²) < 4.78 is 26.0. The van der Waals surface area contributed by atoms with Gasteiger partial charge >= 0.3 is 0 Å². The largest absolute Gasteiger partial charge is 0.370 e. The van der Waals surface area contributed by atoms with E-state index in [2.05, 4.69) is 9.71 Å². The summed E-state index contributed by atoms with van der Waals surface area (Å²) in [5.41, 5.74) is 12.1. The molecule has 1 aromatic carbocycles. The maximum absolute atomic E-state index is 11.7. The third-order valence-electron chi connectivity index (χ3n) is 2.24. The second kappa shape index (κ2) is 8.42. The van der Waals surface area contributed by atoms with Gasteiger partial charge in [0, 0.05) is 6.04 Å². The van der Waals surface area contributed by atoms with Gasteiger partial charge in [-0.25, -0.2) is 18.1 Å². The quantitative estimate of drug-likeness (QED) is 0.366. The van der Waals surface area contributed by atoms with Crippen LogP contribution in [0.3, 0.4) is 0 Å². The lowest BCUT2D eigenvalue weighted by Gasteiger charge is -2.09. The minimum absolute atomic E-state index is 0. The first-order valence-corrected chi connectivity index (χ1v) is 7.57. The first-order valence-electron chi connectivity index (χ1n) is 5.92. The third kappa shape index (κ3) is 7.65. The number of hydrogen-bond donors (Lipinski definition) is 3. The van der Waals surface area contributed by atoms with Crippen LogP contribution in [0, 0.1) is 0 Å². The smallest absolute Gasteiger partial charge is 0.216 e. The number of guanidine groups is 1. The highest BCUT2D eigenvalue weighted by molar-refractivity contribution is 14.0. The van der Waals surface area contributed by atoms with E-state index in [4.69, 9.17) is 11.5 Å². The fourth-order valence-electron chi connectivity index (χ4n) is 1.54. The van der Waals surface area contributed by atoms with E-state index in [0.717, 1.165) is 11.1 Å². The molecule has 0 saturated carbocycles. The molecule has 20 heavy (non-hydrogen) atoms. The standard InChI is InChI=1S/C12H20N4O2S.HI/c1-9(2)16-19(17,18)8-11-5-3-10(4-6-11)7-15-12(13)14;/h3-6,9,16H,7-8H2,1-2H3,(H4,13,14,15);1H. The predicted molar refractivity (Wildman–Crippen MR) is 92.3 cm³/mol. The molecule has 0 heterocycles. The lowest BCUT2D eigenvalue weighted by molar-refractivity contribution is 0.569. The zero-order chi connectivity index (χ0) is 14.5. The maximum atomic E-state index is 11.7. The average Bonchev–Trinajstić information content (AvgIpc) is 2.25. The summed E-state index contributed by atoms with van der Waals surface area (Å²) in [5, 5.41) is 0. The van der Waals surface area contributed by atoms with Crippen LogP contribution in [-0.2, 0) is 22.3 Å². The highest BCUT2D eigenvalue weighted by Crippen LogP contribution is 2.09. The molecule has 0 aromatic heterocycles. The topological polar surface area (TPSA) is 111 Å². The molecule has 114 valence electrons. The van der Waals surface area contributed by atoms with Gasteiger partial charge in [0.2, 0.25) is 10.0 Å². The van der Waals surface area contributed by atoms with Crippen molar-refractivity contribution in [2.75, 3.05) is 0 Å². The minimum atomic E-state index is -3.29. The van der Waals surface area contributed by atoms with Crippen LogP contribution in [0.25, 0.3) is 0 Å². The summed E-state index contributed by atoms with van der Waals surface area (Å²) in [6, 6.07) is 7.04. The summed E-state index contributed by atoms with van der Waals surface area (Å²) in [5.74, 6) is 0.00102. The van der Waals surface area contributed by atoms with Crippen LogP contribution < -0.4 is 16.2 Å². The molecule has 0 atom stereocenters. The number of nitrogens with two attached hydrogens (primary N) is 2. The van der Waals surface area contributed by atoms with Gasteiger partial charge < -0.3 is 11.5 Å². The molecule has 8 heteroatoms. The van der Waals surface area contributed by atoms with Gasteiger partial charge in [-0.15, -0.1) is 24.0 Å². The molecule has 6 nitrogen and oxygen atoms in total. The second-order valence-electron chi connectivity index (χ2n) is 4.59. The van der Waals surface area contributed by atoms with Crippen LogP contribution >= 0.6 is 24.0 Å². The van der Waals surface area contributed by atoms with Crippen molar-refractivity contribution in [3.63, 3.8) is 0 Å². The van der Waals surface area contributed by atoms with E-state index in [1.165, 1.54) is 0 Å². The summed E-state index contributed by atoms with van der Waals surface area (Å²) >= 11 is 0. The van der Waals surface area contributed by atoms with Crippen LogP contribution in [0.15, 0.2) is 29.3 Å². The molecule has 0 bridgehead atoms. The van der Waals surface area contributed by atoms with Gasteiger partial charge in [-0.1, -0.05) is 24.3 Å². The summed E-state index contributed by atoms with van der Waals surface area (Å²) in [7, 11) is -3.29. The molecule has 0 saturated heterocycles. The second-order valence-corrected chi connectivity index (χ2v) is 6.34. The molecule has 0 aliphatic rings. The number of nitrogens with zero attached hydrogens (tertiary/aromatic N) is 1. The van der Waals surface area contributed by atoms with E-state index >= 15 is 0 Å². The summed E-state index contributed by atoms with van der Waals surface area (Å²) in [4.78, 5) is 3.88. The van der Waals surface area contributed by atoms with Crippen LogP contribution in [0.2, 0.25) is 0 Å². The molecule has 0 amide bonds. The molecule has 0 aliphatic carbocycles. The molecule has 0 fully saturated rings.